The number of ether oxygens (including phenoxy) is 2. The molecule has 1 amide bonds. The van der Waals surface area contributed by atoms with E-state index in [1.54, 1.807) is 13.8 Å². The fraction of sp³-hybridized carbons (Fsp3) is 0.286. The van der Waals surface area contributed by atoms with Crippen molar-refractivity contribution in [3.8, 4) is 11.5 Å². The average Bonchev–Trinajstić information content (AvgIpc) is 2.84. The third-order valence-corrected chi connectivity index (χ3v) is 5.40. The number of methoxy groups -OCH3 is 2. The van der Waals surface area contributed by atoms with Crippen molar-refractivity contribution in [3.63, 3.8) is 0 Å². The lowest BCUT2D eigenvalue weighted by Gasteiger charge is -2.10. The lowest BCUT2D eigenvalue weighted by molar-refractivity contribution is 0.0984. The molecule has 0 aliphatic carbocycles. The fourth-order valence-corrected chi connectivity index (χ4v) is 3.81. The van der Waals surface area contributed by atoms with Crippen molar-refractivity contribution in [3.05, 3.63) is 33.8 Å². The quantitative estimate of drug-likeness (QED) is 0.879. The number of aryl methyl sites for hydroxylation is 2. The first-order valence-electron chi connectivity index (χ1n) is 6.51. The fourth-order valence-electron chi connectivity index (χ4n) is 1.95. The number of aromatic nitrogens is 1. The van der Waals surface area contributed by atoms with Crippen molar-refractivity contribution in [2.45, 2.75) is 18.7 Å². The van der Waals surface area contributed by atoms with Crippen LogP contribution in [0.3, 0.4) is 0 Å². The van der Waals surface area contributed by atoms with E-state index >= 15 is 0 Å². The Hall–Kier alpha value is -2.13. The molecule has 1 aromatic heterocycles. The van der Waals surface area contributed by atoms with Crippen molar-refractivity contribution in [1.82, 2.24) is 9.71 Å². The topological polar surface area (TPSA) is 94.6 Å². The van der Waals surface area contributed by atoms with E-state index in [1.165, 1.54) is 32.4 Å². The van der Waals surface area contributed by atoms with Gasteiger partial charge in [0.15, 0.2) is 11.5 Å². The predicted molar refractivity (Wildman–Crippen MR) is 85.8 cm³/mol. The number of rotatable bonds is 5. The molecule has 23 heavy (non-hydrogen) atoms. The Kier molecular flexibility index (Phi) is 4.90. The third kappa shape index (κ3) is 3.62. The Bertz CT molecular complexity index is 843. The van der Waals surface area contributed by atoms with Gasteiger partial charge in [0.25, 0.3) is 15.9 Å². The standard InChI is InChI=1S/C14H16N2O5S2/c1-8-13(22-9(2)15-8)14(17)16-23(18,19)10-5-6-11(20-3)12(7-10)21-4/h5-7H,1-4H3,(H,16,17). The molecule has 0 spiro atoms. The molecule has 0 atom stereocenters. The number of carbonyl (C=O) groups is 1. The molecular formula is C14H16N2O5S2. The monoisotopic (exact) mass is 356 g/mol. The van der Waals surface area contributed by atoms with E-state index in [4.69, 9.17) is 9.47 Å². The van der Waals surface area contributed by atoms with Crippen molar-refractivity contribution >= 4 is 27.3 Å². The molecule has 1 heterocycles. The van der Waals surface area contributed by atoms with Crippen LogP contribution in [0.5, 0.6) is 11.5 Å². The summed E-state index contributed by atoms with van der Waals surface area (Å²) in [5, 5.41) is 0.691. The van der Waals surface area contributed by atoms with Crippen LogP contribution in [0.25, 0.3) is 0 Å². The summed E-state index contributed by atoms with van der Waals surface area (Å²) >= 11 is 1.14. The molecular weight excluding hydrogens is 340 g/mol. The normalized spacial score (nSPS) is 11.1. The summed E-state index contributed by atoms with van der Waals surface area (Å²) in [5.74, 6) is -0.0535. The van der Waals surface area contributed by atoms with Crippen LogP contribution in [0.2, 0.25) is 0 Å². The van der Waals surface area contributed by atoms with Gasteiger partial charge in [-0.05, 0) is 26.0 Å². The number of thiazole rings is 1. The van der Waals surface area contributed by atoms with Gasteiger partial charge in [-0.15, -0.1) is 11.3 Å². The molecule has 0 fully saturated rings. The minimum absolute atomic E-state index is 0.0950. The Morgan fingerprint density at radius 3 is 2.35 bits per heavy atom. The molecule has 0 saturated carbocycles. The van der Waals surface area contributed by atoms with E-state index in [9.17, 15) is 13.2 Å². The number of amides is 1. The van der Waals surface area contributed by atoms with E-state index in [-0.39, 0.29) is 15.5 Å². The van der Waals surface area contributed by atoms with Crippen molar-refractivity contribution in [1.29, 1.82) is 0 Å². The van der Waals surface area contributed by atoms with Crippen LogP contribution >= 0.6 is 11.3 Å². The maximum Gasteiger partial charge on any atom is 0.276 e. The minimum Gasteiger partial charge on any atom is -0.493 e. The number of hydrogen-bond acceptors (Lipinski definition) is 7. The first-order chi connectivity index (χ1) is 10.8. The number of nitrogens with zero attached hydrogens (tertiary/aromatic N) is 1. The Morgan fingerprint density at radius 1 is 1.17 bits per heavy atom. The van der Waals surface area contributed by atoms with E-state index in [1.807, 2.05) is 4.72 Å². The molecule has 1 aromatic carbocycles. The molecule has 124 valence electrons. The first-order valence-corrected chi connectivity index (χ1v) is 8.81. The largest absolute Gasteiger partial charge is 0.493 e. The predicted octanol–water partition coefficient (Wildman–Crippen LogP) is 1.90. The van der Waals surface area contributed by atoms with Crippen LogP contribution < -0.4 is 14.2 Å². The van der Waals surface area contributed by atoms with E-state index in [2.05, 4.69) is 4.98 Å². The average molecular weight is 356 g/mol. The molecule has 1 N–H and O–H groups in total. The number of sulfonamides is 1. The van der Waals surface area contributed by atoms with Crippen molar-refractivity contribution < 1.29 is 22.7 Å². The van der Waals surface area contributed by atoms with E-state index in [0.29, 0.717) is 16.5 Å². The van der Waals surface area contributed by atoms with Gasteiger partial charge in [0.1, 0.15) is 4.88 Å². The molecule has 0 radical (unpaired) electrons. The number of benzene rings is 1. The number of hydrogen-bond donors (Lipinski definition) is 1. The van der Waals surface area contributed by atoms with Gasteiger partial charge in [-0.25, -0.2) is 18.1 Å². The second kappa shape index (κ2) is 6.55. The lowest BCUT2D eigenvalue weighted by atomic mass is 10.3. The summed E-state index contributed by atoms with van der Waals surface area (Å²) in [6, 6.07) is 4.08. The third-order valence-electron chi connectivity index (χ3n) is 3.00. The van der Waals surface area contributed by atoms with Gasteiger partial charge >= 0.3 is 0 Å². The highest BCUT2D eigenvalue weighted by Gasteiger charge is 2.23. The van der Waals surface area contributed by atoms with Crippen LogP contribution in [0.15, 0.2) is 23.1 Å². The summed E-state index contributed by atoms with van der Waals surface area (Å²) < 4.78 is 36.9. The van der Waals surface area contributed by atoms with Gasteiger partial charge in [0.05, 0.1) is 29.8 Å². The van der Waals surface area contributed by atoms with Gasteiger partial charge in [-0.2, -0.15) is 0 Å². The van der Waals surface area contributed by atoms with Crippen LogP contribution in [-0.2, 0) is 10.0 Å². The second-order valence-corrected chi connectivity index (χ2v) is 7.48. The smallest absolute Gasteiger partial charge is 0.276 e. The zero-order valence-corrected chi connectivity index (χ0v) is 14.7. The van der Waals surface area contributed by atoms with Crippen LogP contribution in [-0.4, -0.2) is 33.5 Å². The molecule has 0 saturated heterocycles. The van der Waals surface area contributed by atoms with Gasteiger partial charge in [0, 0.05) is 6.07 Å². The van der Waals surface area contributed by atoms with Crippen molar-refractivity contribution in [2.24, 2.45) is 0 Å². The summed E-state index contributed by atoms with van der Waals surface area (Å²) in [6.45, 7) is 3.40. The van der Waals surface area contributed by atoms with Crippen molar-refractivity contribution in [2.75, 3.05) is 14.2 Å². The maximum absolute atomic E-state index is 12.4. The first kappa shape index (κ1) is 17.2. The minimum atomic E-state index is -4.03. The zero-order valence-electron chi connectivity index (χ0n) is 13.0. The Balaban J connectivity index is 2.32. The second-order valence-electron chi connectivity index (χ2n) is 4.60. The van der Waals surface area contributed by atoms with Gasteiger partial charge in [-0.1, -0.05) is 0 Å². The molecule has 2 aromatic rings. The van der Waals surface area contributed by atoms with Crippen LogP contribution in [0, 0.1) is 13.8 Å². The van der Waals surface area contributed by atoms with E-state index in [0.717, 1.165) is 11.3 Å². The summed E-state index contributed by atoms with van der Waals surface area (Å²) in [7, 11) is -1.18. The lowest BCUT2D eigenvalue weighted by Crippen LogP contribution is -2.30. The highest BCUT2D eigenvalue weighted by molar-refractivity contribution is 7.90. The highest BCUT2D eigenvalue weighted by atomic mass is 32.2. The molecule has 0 aliphatic rings. The summed E-state index contributed by atoms with van der Waals surface area (Å²) in [6.07, 6.45) is 0. The van der Waals surface area contributed by atoms with Gasteiger partial charge in [-0.3, -0.25) is 4.79 Å². The molecule has 0 unspecified atom stereocenters. The summed E-state index contributed by atoms with van der Waals surface area (Å²) in [4.78, 5) is 16.5. The maximum atomic E-state index is 12.4. The van der Waals surface area contributed by atoms with Crippen LogP contribution in [0.4, 0.5) is 0 Å². The number of carbonyl (C=O) groups excluding carboxylic acids is 1. The Labute approximate surface area is 138 Å². The van der Waals surface area contributed by atoms with E-state index < -0.39 is 15.9 Å². The molecule has 9 heteroatoms. The Morgan fingerprint density at radius 2 is 1.83 bits per heavy atom. The molecule has 2 rings (SSSR count). The summed E-state index contributed by atoms with van der Waals surface area (Å²) in [5.41, 5.74) is 0.493. The SMILES string of the molecule is COc1ccc(S(=O)(=O)NC(=O)c2sc(C)nc2C)cc1OC. The van der Waals surface area contributed by atoms with Crippen LogP contribution in [0.1, 0.15) is 20.4 Å². The van der Waals surface area contributed by atoms with Gasteiger partial charge < -0.3 is 9.47 Å². The van der Waals surface area contributed by atoms with Gasteiger partial charge in [0.2, 0.25) is 0 Å². The number of nitrogens with one attached hydrogen (secondary N) is 1. The molecule has 7 nitrogen and oxygen atoms in total. The highest BCUT2D eigenvalue weighted by Crippen LogP contribution is 2.29. The zero-order chi connectivity index (χ0) is 17.2. The molecule has 0 bridgehead atoms. The molecule has 0 aliphatic heterocycles.